The van der Waals surface area contributed by atoms with Gasteiger partial charge in [0.1, 0.15) is 0 Å². The van der Waals surface area contributed by atoms with E-state index in [4.69, 9.17) is 9.47 Å². The molecule has 1 aliphatic rings. The van der Waals surface area contributed by atoms with E-state index in [0.29, 0.717) is 12.5 Å². The first-order chi connectivity index (χ1) is 14.6. The lowest BCUT2D eigenvalue weighted by atomic mass is 9.90. The molecule has 1 unspecified atom stereocenters. The summed E-state index contributed by atoms with van der Waals surface area (Å²) in [6.07, 6.45) is 4.02. The molecule has 1 fully saturated rings. The first-order valence-corrected chi connectivity index (χ1v) is 10.9. The van der Waals surface area contributed by atoms with Gasteiger partial charge >= 0.3 is 0 Å². The molecule has 1 amide bonds. The second-order valence-electron chi connectivity index (χ2n) is 7.90. The van der Waals surface area contributed by atoms with Crippen molar-refractivity contribution >= 4 is 11.6 Å². The Balaban J connectivity index is 1.66. The van der Waals surface area contributed by atoms with Gasteiger partial charge in [-0.05, 0) is 67.0 Å². The lowest BCUT2D eigenvalue weighted by Gasteiger charge is -2.32. The summed E-state index contributed by atoms with van der Waals surface area (Å²) in [5.74, 6) is 1.96. The van der Waals surface area contributed by atoms with Crippen molar-refractivity contribution in [3.8, 4) is 11.5 Å². The van der Waals surface area contributed by atoms with E-state index in [1.165, 1.54) is 16.7 Å². The lowest BCUT2D eigenvalue weighted by molar-refractivity contribution is -0.117. The Bertz CT molecular complexity index is 843. The Labute approximate surface area is 180 Å². The van der Waals surface area contributed by atoms with Crippen LogP contribution in [-0.2, 0) is 17.6 Å². The second kappa shape index (κ2) is 10.5. The van der Waals surface area contributed by atoms with Crippen LogP contribution in [0.2, 0.25) is 0 Å². The van der Waals surface area contributed by atoms with Crippen LogP contribution in [0.15, 0.2) is 36.4 Å². The number of nitrogens with zero attached hydrogens (tertiary/aromatic N) is 1. The molecule has 2 aromatic rings. The predicted molar refractivity (Wildman–Crippen MR) is 122 cm³/mol. The third kappa shape index (κ3) is 5.14. The fraction of sp³-hybridized carbons (Fsp3) is 0.480. The zero-order chi connectivity index (χ0) is 21.5. The van der Waals surface area contributed by atoms with Gasteiger partial charge in [-0.3, -0.25) is 9.69 Å². The molecule has 3 rings (SSSR count). The molecule has 1 N–H and O–H groups in total. The van der Waals surface area contributed by atoms with Gasteiger partial charge in [0.05, 0.1) is 20.8 Å². The number of methoxy groups -OCH3 is 2. The summed E-state index contributed by atoms with van der Waals surface area (Å²) in [7, 11) is 3.32. The molecular formula is C25H34N2O3. The number of likely N-dealkylation sites (tertiary alicyclic amines) is 1. The average molecular weight is 411 g/mol. The van der Waals surface area contributed by atoms with Gasteiger partial charge in [0, 0.05) is 12.2 Å². The summed E-state index contributed by atoms with van der Waals surface area (Å²) in [4.78, 5) is 15.1. The highest BCUT2D eigenvalue weighted by Gasteiger charge is 2.24. The Hall–Kier alpha value is -2.53. The number of carbonyl (C=O) groups excluding carboxylic acids is 1. The molecule has 5 heteroatoms. The van der Waals surface area contributed by atoms with Crippen molar-refractivity contribution in [1.82, 2.24) is 4.90 Å². The van der Waals surface area contributed by atoms with Crippen LogP contribution in [0.5, 0.6) is 11.5 Å². The molecule has 1 atom stereocenters. The number of benzene rings is 2. The Morgan fingerprint density at radius 3 is 2.40 bits per heavy atom. The van der Waals surface area contributed by atoms with Crippen LogP contribution >= 0.6 is 0 Å². The highest BCUT2D eigenvalue weighted by atomic mass is 16.5. The molecule has 1 saturated heterocycles. The molecule has 5 nitrogen and oxygen atoms in total. The van der Waals surface area contributed by atoms with Gasteiger partial charge in [0.2, 0.25) is 5.91 Å². The van der Waals surface area contributed by atoms with Crippen LogP contribution in [0.1, 0.15) is 49.3 Å². The number of nitrogens with one attached hydrogen (secondary N) is 1. The summed E-state index contributed by atoms with van der Waals surface area (Å²) in [6.45, 7) is 6.50. The Kier molecular flexibility index (Phi) is 7.75. The number of aryl methyl sites for hydroxylation is 2. The topological polar surface area (TPSA) is 50.8 Å². The third-order valence-electron chi connectivity index (χ3n) is 6.01. The monoisotopic (exact) mass is 410 g/mol. The molecule has 2 aromatic carbocycles. The normalized spacial score (nSPS) is 16.9. The van der Waals surface area contributed by atoms with E-state index in [1.807, 2.05) is 6.07 Å². The number of rotatable bonds is 8. The number of amides is 1. The number of para-hydroxylation sites is 1. The van der Waals surface area contributed by atoms with Crippen molar-refractivity contribution in [1.29, 1.82) is 0 Å². The SMILES string of the molecule is CCc1cccc(CC)c1NC(=O)CN1CCCC(c2ccc(OC)c(OC)c2)C1. The summed E-state index contributed by atoms with van der Waals surface area (Å²) >= 11 is 0. The third-order valence-corrected chi connectivity index (χ3v) is 6.01. The number of carbonyl (C=O) groups is 1. The van der Waals surface area contributed by atoms with E-state index < -0.39 is 0 Å². The summed E-state index contributed by atoms with van der Waals surface area (Å²) in [5.41, 5.74) is 4.64. The van der Waals surface area contributed by atoms with Crippen molar-refractivity contribution in [2.75, 3.05) is 39.2 Å². The zero-order valence-electron chi connectivity index (χ0n) is 18.7. The van der Waals surface area contributed by atoms with Crippen molar-refractivity contribution in [2.45, 2.75) is 45.4 Å². The number of hydrogen-bond acceptors (Lipinski definition) is 4. The maximum Gasteiger partial charge on any atom is 0.238 e. The Morgan fingerprint density at radius 2 is 1.77 bits per heavy atom. The molecule has 0 aliphatic carbocycles. The molecule has 162 valence electrons. The van der Waals surface area contributed by atoms with Crippen molar-refractivity contribution in [2.24, 2.45) is 0 Å². The first kappa shape index (κ1) is 22.2. The van der Waals surface area contributed by atoms with Crippen LogP contribution in [0.3, 0.4) is 0 Å². The molecule has 0 aromatic heterocycles. The lowest BCUT2D eigenvalue weighted by Crippen LogP contribution is -2.40. The van der Waals surface area contributed by atoms with Gasteiger partial charge in [-0.2, -0.15) is 0 Å². The van der Waals surface area contributed by atoms with Gasteiger partial charge in [-0.25, -0.2) is 0 Å². The zero-order valence-corrected chi connectivity index (χ0v) is 18.7. The molecule has 30 heavy (non-hydrogen) atoms. The minimum absolute atomic E-state index is 0.0681. The highest BCUT2D eigenvalue weighted by molar-refractivity contribution is 5.93. The minimum Gasteiger partial charge on any atom is -0.493 e. The van der Waals surface area contributed by atoms with Gasteiger partial charge in [-0.1, -0.05) is 38.1 Å². The smallest absolute Gasteiger partial charge is 0.238 e. The molecule has 1 heterocycles. The Morgan fingerprint density at radius 1 is 1.07 bits per heavy atom. The van der Waals surface area contributed by atoms with E-state index in [2.05, 4.69) is 54.4 Å². The van der Waals surface area contributed by atoms with Gasteiger partial charge in [-0.15, -0.1) is 0 Å². The van der Waals surface area contributed by atoms with Gasteiger partial charge in [0.25, 0.3) is 0 Å². The van der Waals surface area contributed by atoms with Gasteiger partial charge < -0.3 is 14.8 Å². The standard InChI is InChI=1S/C25H34N2O3/c1-5-18-9-7-10-19(6-2)25(18)26-24(28)17-27-14-8-11-21(16-27)20-12-13-22(29-3)23(15-20)30-4/h7,9-10,12-13,15,21H,5-6,8,11,14,16-17H2,1-4H3,(H,26,28). The number of anilines is 1. The molecular weight excluding hydrogens is 376 g/mol. The van der Waals surface area contributed by atoms with Crippen LogP contribution in [0, 0.1) is 0 Å². The first-order valence-electron chi connectivity index (χ1n) is 10.9. The summed E-state index contributed by atoms with van der Waals surface area (Å²) < 4.78 is 10.8. The quantitative estimate of drug-likeness (QED) is 0.688. The maximum atomic E-state index is 12.9. The van der Waals surface area contributed by atoms with Gasteiger partial charge in [0.15, 0.2) is 11.5 Å². The minimum atomic E-state index is 0.0681. The molecule has 0 spiro atoms. The molecule has 0 saturated carbocycles. The fourth-order valence-electron chi connectivity index (χ4n) is 4.36. The van der Waals surface area contributed by atoms with E-state index in [-0.39, 0.29) is 5.91 Å². The maximum absolute atomic E-state index is 12.9. The van der Waals surface area contributed by atoms with E-state index >= 15 is 0 Å². The van der Waals surface area contributed by atoms with Crippen molar-refractivity contribution < 1.29 is 14.3 Å². The van der Waals surface area contributed by atoms with Crippen LogP contribution in [0.25, 0.3) is 0 Å². The summed E-state index contributed by atoms with van der Waals surface area (Å²) in [6, 6.07) is 12.4. The van der Waals surface area contributed by atoms with Crippen LogP contribution in [-0.4, -0.2) is 44.7 Å². The number of hydrogen-bond donors (Lipinski definition) is 1. The molecule has 0 bridgehead atoms. The van der Waals surface area contributed by atoms with E-state index in [0.717, 1.165) is 56.0 Å². The number of ether oxygens (including phenoxy) is 2. The fourth-order valence-corrected chi connectivity index (χ4v) is 4.36. The predicted octanol–water partition coefficient (Wildman–Crippen LogP) is 4.65. The highest BCUT2D eigenvalue weighted by Crippen LogP contribution is 2.34. The van der Waals surface area contributed by atoms with Crippen LogP contribution in [0.4, 0.5) is 5.69 Å². The second-order valence-corrected chi connectivity index (χ2v) is 7.90. The van der Waals surface area contributed by atoms with E-state index in [1.54, 1.807) is 14.2 Å². The summed E-state index contributed by atoms with van der Waals surface area (Å²) in [5, 5.41) is 3.20. The largest absolute Gasteiger partial charge is 0.493 e. The molecule has 0 radical (unpaired) electrons. The van der Waals surface area contributed by atoms with Crippen molar-refractivity contribution in [3.05, 3.63) is 53.1 Å². The van der Waals surface area contributed by atoms with Crippen molar-refractivity contribution in [3.63, 3.8) is 0 Å². The van der Waals surface area contributed by atoms with E-state index in [9.17, 15) is 4.79 Å². The average Bonchev–Trinajstić information content (AvgIpc) is 2.78. The number of piperidine rings is 1. The molecule has 1 aliphatic heterocycles. The van der Waals surface area contributed by atoms with Crippen LogP contribution < -0.4 is 14.8 Å².